The van der Waals surface area contributed by atoms with Crippen LogP contribution < -0.4 is 80.8 Å². The molecule has 0 fully saturated rings. The summed E-state index contributed by atoms with van der Waals surface area (Å²) < 4.78 is 0. The summed E-state index contributed by atoms with van der Waals surface area (Å²) in [4.78, 5) is 157. The van der Waals surface area contributed by atoms with Gasteiger partial charge in [0.15, 0.2) is 5.96 Å². The van der Waals surface area contributed by atoms with E-state index < -0.39 is 126 Å². The first-order valence-corrected chi connectivity index (χ1v) is 30.7. The van der Waals surface area contributed by atoms with Crippen LogP contribution in [0.2, 0.25) is 0 Å². The molecule has 6 aromatic rings. The predicted molar refractivity (Wildman–Crippen MR) is 351 cm³/mol. The maximum absolute atomic E-state index is 14.6. The van der Waals surface area contributed by atoms with Crippen LogP contribution in [0.5, 0.6) is 5.75 Å². The lowest BCUT2D eigenvalue weighted by atomic mass is 10.0. The lowest BCUT2D eigenvalue weighted by molar-refractivity contribution is -0.136. The number of hydrogen-bond donors (Lipinski definition) is 20. The first-order chi connectivity index (χ1) is 45.3. The molecular formula is C64H84N18O13. The smallest absolute Gasteiger partial charge is 0.334 e. The SMILES string of the molecule is CNC(=N)NCCC[C@H](NC(=O)[C@H](CC(C)C)NC(=O)NNC(=O)[C@H](Cc1ccccc1)NC(=O)[C@@H](NC(=O)[C@H](CNC(N)=O)NC(=O)[C@@H](Cc1c[nH]c2ccccc12)NC(=O)[C@@H](Cc1ccc(O)cc1)NC(C)=O)[C@@H](C)O)C(=O)N[C@@H](Cc1c[nH]c2ccccc12)C(N)=O. The zero-order valence-corrected chi connectivity index (χ0v) is 53.1. The molecule has 9 atom stereocenters. The lowest BCUT2D eigenvalue weighted by Crippen LogP contribution is -2.63. The molecule has 0 aliphatic rings. The molecule has 508 valence electrons. The highest BCUT2D eigenvalue weighted by atomic mass is 16.3. The highest BCUT2D eigenvalue weighted by molar-refractivity contribution is 5.99. The zero-order valence-electron chi connectivity index (χ0n) is 53.1. The molecule has 2 heterocycles. The van der Waals surface area contributed by atoms with Gasteiger partial charge >= 0.3 is 12.1 Å². The van der Waals surface area contributed by atoms with Crippen LogP contribution in [0.15, 0.2) is 116 Å². The number of aromatic nitrogens is 2. The minimum absolute atomic E-state index is 0.00241. The molecule has 0 saturated carbocycles. The van der Waals surface area contributed by atoms with Crippen LogP contribution in [0.25, 0.3) is 21.8 Å². The molecule has 31 nitrogen and oxygen atoms in total. The Morgan fingerprint density at radius 3 is 1.56 bits per heavy atom. The molecule has 0 unspecified atom stereocenters. The van der Waals surface area contributed by atoms with E-state index in [4.69, 9.17) is 16.9 Å². The van der Waals surface area contributed by atoms with E-state index in [1.54, 1.807) is 100 Å². The molecule has 4 aromatic carbocycles. The highest BCUT2D eigenvalue weighted by Crippen LogP contribution is 2.22. The summed E-state index contributed by atoms with van der Waals surface area (Å²) >= 11 is 0. The van der Waals surface area contributed by atoms with E-state index in [0.717, 1.165) is 17.8 Å². The van der Waals surface area contributed by atoms with Crippen LogP contribution in [0.3, 0.4) is 0 Å². The number of nitrogens with two attached hydrogens (primary N) is 2. The van der Waals surface area contributed by atoms with E-state index in [9.17, 15) is 63.0 Å². The number of H-pyrrole nitrogens is 2. The number of aliphatic hydroxyl groups is 1. The van der Waals surface area contributed by atoms with E-state index >= 15 is 0 Å². The summed E-state index contributed by atoms with van der Waals surface area (Å²) in [7, 11) is 1.54. The van der Waals surface area contributed by atoms with Crippen LogP contribution >= 0.6 is 0 Å². The molecule has 2 aromatic heterocycles. The zero-order chi connectivity index (χ0) is 69.3. The molecule has 13 amide bonds. The van der Waals surface area contributed by atoms with Crippen molar-refractivity contribution >= 4 is 93.0 Å². The Labute approximate surface area is 546 Å². The number of hydrogen-bond acceptors (Lipinski definition) is 14. The molecule has 6 rings (SSSR count). The maximum atomic E-state index is 14.6. The number of carbonyl (C=O) groups excluding carboxylic acids is 11. The monoisotopic (exact) mass is 1310 g/mol. The number of rotatable bonds is 33. The Hall–Kier alpha value is -11.2. The van der Waals surface area contributed by atoms with Crippen molar-refractivity contribution in [3.05, 3.63) is 138 Å². The molecule has 0 spiro atoms. The van der Waals surface area contributed by atoms with E-state index in [1.807, 2.05) is 24.3 Å². The number of nitrogens with one attached hydrogen (secondary N) is 16. The standard InChI is InChI=1S/C64H84N18O13/c1-34(2)26-48(56(88)74-46(20-13-25-69-62(66)68-5)55(87)75-47(54(65)86)29-39-31-70-44-18-11-9-16-42(39)44)79-64(95)82-81-60(92)50(27-37-14-7-6-8-15-37)77-61(93)53(35(3)83)80-59(91)52(33-72-63(67)94)78-58(90)51(30-40-32-71-45-19-12-10-17-43(40)45)76-57(89)49(73-36(4)84)28-38-21-23-41(85)24-22-38/h6-12,14-19,21-24,31-32,34-35,46-53,70-71,83,85H,13,20,25-30,33H2,1-5H3,(H2,65,86)(H,73,84)(H,74,88)(H,75,87)(H,76,89)(H,77,93)(H,78,90)(H,80,91)(H,81,92)(H3,66,68,69)(H3,67,72,94)(H2,79,82,95)/t35-,46+,47+,48+,49-,50+,51-,52+,53+/m1/s1. The molecule has 22 N–H and O–H groups in total. The third kappa shape index (κ3) is 22.8. The van der Waals surface area contributed by atoms with Crippen LogP contribution in [-0.2, 0) is 68.8 Å². The number of primary amides is 2. The van der Waals surface area contributed by atoms with Gasteiger partial charge in [-0.3, -0.25) is 54.0 Å². The summed E-state index contributed by atoms with van der Waals surface area (Å²) in [5.41, 5.74) is 19.4. The van der Waals surface area contributed by atoms with Crippen molar-refractivity contribution in [2.75, 3.05) is 20.1 Å². The Kier molecular flexibility index (Phi) is 27.2. The van der Waals surface area contributed by atoms with E-state index in [2.05, 4.69) is 79.3 Å². The van der Waals surface area contributed by atoms with Gasteiger partial charge in [-0.2, -0.15) is 0 Å². The number of phenolic OH excluding ortho intramolecular Hbond substituents is 1. The third-order valence-electron chi connectivity index (χ3n) is 15.1. The highest BCUT2D eigenvalue weighted by Gasteiger charge is 2.36. The average molecular weight is 1310 g/mol. The second-order valence-corrected chi connectivity index (χ2v) is 23.1. The van der Waals surface area contributed by atoms with Gasteiger partial charge < -0.3 is 90.1 Å². The Balaban J connectivity index is 1.16. The van der Waals surface area contributed by atoms with E-state index in [-0.39, 0.29) is 69.1 Å². The number of hydrazine groups is 1. The summed E-state index contributed by atoms with van der Waals surface area (Å²) in [5.74, 6) is -8.41. The van der Waals surface area contributed by atoms with Gasteiger partial charge in [-0.1, -0.05) is 92.7 Å². The average Bonchev–Trinajstić information content (AvgIpc) is 1.72. The number of aromatic amines is 2. The van der Waals surface area contributed by atoms with Gasteiger partial charge in [0.1, 0.15) is 54.1 Å². The summed E-state index contributed by atoms with van der Waals surface area (Å²) in [6.45, 7) is 5.39. The molecule has 31 heteroatoms. The molecule has 0 saturated heterocycles. The third-order valence-corrected chi connectivity index (χ3v) is 15.1. The second kappa shape index (κ2) is 35.5. The topological polar surface area (TPSA) is 492 Å². The summed E-state index contributed by atoms with van der Waals surface area (Å²) in [6, 6.07) is 14.5. The van der Waals surface area contributed by atoms with Crippen molar-refractivity contribution in [2.24, 2.45) is 17.4 Å². The molecule has 0 radical (unpaired) electrons. The fourth-order valence-corrected chi connectivity index (χ4v) is 10.3. The Bertz CT molecular complexity index is 3670. The van der Waals surface area contributed by atoms with Gasteiger partial charge in [0.2, 0.25) is 47.3 Å². The van der Waals surface area contributed by atoms with Crippen LogP contribution in [-0.4, -0.2) is 166 Å². The maximum Gasteiger partial charge on any atom is 0.334 e. The molecule has 0 aliphatic carbocycles. The van der Waals surface area contributed by atoms with Crippen molar-refractivity contribution < 1.29 is 63.0 Å². The van der Waals surface area contributed by atoms with Gasteiger partial charge in [0.05, 0.1) is 6.10 Å². The molecule has 0 bridgehead atoms. The van der Waals surface area contributed by atoms with Gasteiger partial charge in [0, 0.05) is 86.9 Å². The van der Waals surface area contributed by atoms with Gasteiger partial charge in [-0.05, 0) is 78.6 Å². The number of benzene rings is 4. The van der Waals surface area contributed by atoms with E-state index in [1.165, 1.54) is 19.1 Å². The minimum Gasteiger partial charge on any atom is -0.508 e. The van der Waals surface area contributed by atoms with Gasteiger partial charge in [-0.25, -0.2) is 15.0 Å². The normalized spacial score (nSPS) is 13.9. The molecule has 95 heavy (non-hydrogen) atoms. The Morgan fingerprint density at radius 2 is 1.00 bits per heavy atom. The number of aromatic hydroxyl groups is 1. The predicted octanol–water partition coefficient (Wildman–Crippen LogP) is -1.16. The number of phenols is 1. The summed E-state index contributed by atoms with van der Waals surface area (Å²) in [6.07, 6.45) is 1.36. The van der Waals surface area contributed by atoms with Gasteiger partial charge in [0.25, 0.3) is 5.91 Å². The minimum atomic E-state index is -1.89. The van der Waals surface area contributed by atoms with Crippen LogP contribution in [0, 0.1) is 11.3 Å². The fraction of sp³-hybridized carbons (Fsp3) is 0.375. The summed E-state index contributed by atoms with van der Waals surface area (Å²) in [5, 5.41) is 58.5. The van der Waals surface area contributed by atoms with Crippen molar-refractivity contribution in [2.45, 2.75) is 127 Å². The van der Waals surface area contributed by atoms with Crippen molar-refractivity contribution in [3.63, 3.8) is 0 Å². The lowest BCUT2D eigenvalue weighted by Gasteiger charge is -2.28. The first kappa shape index (κ1) is 72.8. The van der Waals surface area contributed by atoms with Crippen molar-refractivity contribution in [1.82, 2.24) is 79.3 Å². The second-order valence-electron chi connectivity index (χ2n) is 23.1. The van der Waals surface area contributed by atoms with Crippen molar-refractivity contribution in [3.8, 4) is 5.75 Å². The number of fused-ring (bicyclic) bond motifs is 2. The number of carbonyl (C=O) groups is 11. The number of guanidine groups is 1. The van der Waals surface area contributed by atoms with Gasteiger partial charge in [-0.15, -0.1) is 0 Å². The van der Waals surface area contributed by atoms with E-state index in [0.29, 0.717) is 33.2 Å². The molecular weight excluding hydrogens is 1230 g/mol. The number of aliphatic hydroxyl groups excluding tert-OH is 1. The number of amides is 13. The van der Waals surface area contributed by atoms with Crippen molar-refractivity contribution in [1.29, 1.82) is 5.41 Å². The van der Waals surface area contributed by atoms with Crippen LogP contribution in [0.4, 0.5) is 9.59 Å². The van der Waals surface area contributed by atoms with Crippen LogP contribution in [0.1, 0.15) is 69.2 Å². The Morgan fingerprint density at radius 1 is 0.516 bits per heavy atom. The largest absolute Gasteiger partial charge is 0.508 e. The number of urea groups is 2. The first-order valence-electron chi connectivity index (χ1n) is 30.7. The fourth-order valence-electron chi connectivity index (χ4n) is 10.3. The number of para-hydroxylation sites is 2. The molecule has 0 aliphatic heterocycles. The quantitative estimate of drug-likeness (QED) is 0.0100.